The second-order valence-electron chi connectivity index (χ2n) is 7.31. The average Bonchev–Trinajstić information content (AvgIpc) is 3.03. The highest BCUT2D eigenvalue weighted by Crippen LogP contribution is 2.43. The molecule has 1 aliphatic rings. The predicted molar refractivity (Wildman–Crippen MR) is 116 cm³/mol. The number of benzene rings is 2. The lowest BCUT2D eigenvalue weighted by molar-refractivity contribution is -0.140. The minimum Gasteiger partial charge on any atom is -0.507 e. The van der Waals surface area contributed by atoms with E-state index >= 15 is 0 Å². The van der Waals surface area contributed by atoms with Crippen molar-refractivity contribution < 1.29 is 28.9 Å². The van der Waals surface area contributed by atoms with Crippen molar-refractivity contribution in [2.24, 2.45) is 0 Å². The molecule has 0 radical (unpaired) electrons. The number of rotatable bonds is 8. The van der Waals surface area contributed by atoms with Gasteiger partial charge < -0.3 is 24.2 Å². The highest BCUT2D eigenvalue weighted by Gasteiger charge is 2.47. The van der Waals surface area contributed by atoms with Gasteiger partial charge in [0.2, 0.25) is 0 Å². The first-order valence-electron chi connectivity index (χ1n) is 9.99. The normalized spacial score (nSPS) is 17.8. The molecule has 1 heterocycles. The van der Waals surface area contributed by atoms with Crippen LogP contribution in [-0.2, 0) is 14.3 Å². The first-order valence-corrected chi connectivity index (χ1v) is 9.99. The van der Waals surface area contributed by atoms with E-state index in [-0.39, 0.29) is 17.9 Å². The van der Waals surface area contributed by atoms with Gasteiger partial charge in [0.25, 0.3) is 11.7 Å². The molecule has 0 saturated carbocycles. The van der Waals surface area contributed by atoms with Crippen molar-refractivity contribution in [1.29, 1.82) is 0 Å². The highest BCUT2D eigenvalue weighted by atomic mass is 16.5. The maximum atomic E-state index is 13.1. The summed E-state index contributed by atoms with van der Waals surface area (Å²) in [6, 6.07) is 11.5. The number of ketones is 1. The Morgan fingerprint density at radius 3 is 2.35 bits per heavy atom. The Bertz CT molecular complexity index is 996. The van der Waals surface area contributed by atoms with Crippen LogP contribution in [0.5, 0.6) is 11.5 Å². The third kappa shape index (κ3) is 4.41. The predicted octanol–water partition coefficient (Wildman–Crippen LogP) is 3.47. The molecule has 1 atom stereocenters. The summed E-state index contributed by atoms with van der Waals surface area (Å²) >= 11 is 0. The van der Waals surface area contributed by atoms with E-state index in [0.29, 0.717) is 35.7 Å². The van der Waals surface area contributed by atoms with Gasteiger partial charge in [0.15, 0.2) is 0 Å². The molecule has 3 rings (SSSR count). The maximum Gasteiger partial charge on any atom is 0.295 e. The number of nitrogens with zero attached hydrogens (tertiary/aromatic N) is 1. The summed E-state index contributed by atoms with van der Waals surface area (Å²) < 4.78 is 16.0. The van der Waals surface area contributed by atoms with Crippen LogP contribution in [0.25, 0.3) is 5.76 Å². The zero-order valence-electron chi connectivity index (χ0n) is 18.2. The SMILES string of the molecule is COCCCN1C(=O)C(=O)/C(=C(/O)c2ccc(C)cc2)C1c1cc(OC)ccc1OC. The highest BCUT2D eigenvalue weighted by molar-refractivity contribution is 6.46. The molecule has 164 valence electrons. The molecule has 1 saturated heterocycles. The number of ether oxygens (including phenoxy) is 3. The Morgan fingerprint density at radius 2 is 1.74 bits per heavy atom. The van der Waals surface area contributed by atoms with Gasteiger partial charge in [-0.1, -0.05) is 29.8 Å². The molecule has 1 amide bonds. The Balaban J connectivity index is 2.21. The van der Waals surface area contributed by atoms with Gasteiger partial charge in [-0.25, -0.2) is 0 Å². The summed E-state index contributed by atoms with van der Waals surface area (Å²) in [5, 5.41) is 11.1. The van der Waals surface area contributed by atoms with Gasteiger partial charge in [-0.05, 0) is 31.5 Å². The quantitative estimate of drug-likeness (QED) is 0.302. The fourth-order valence-corrected chi connectivity index (χ4v) is 3.73. The zero-order chi connectivity index (χ0) is 22.5. The Hall–Kier alpha value is -3.32. The van der Waals surface area contributed by atoms with Crippen LogP contribution < -0.4 is 9.47 Å². The van der Waals surface area contributed by atoms with Gasteiger partial charge in [-0.15, -0.1) is 0 Å². The first-order chi connectivity index (χ1) is 14.9. The molecule has 0 bridgehead atoms. The van der Waals surface area contributed by atoms with Crippen LogP contribution in [0.4, 0.5) is 0 Å². The summed E-state index contributed by atoms with van der Waals surface area (Å²) in [7, 11) is 4.63. The molecule has 1 N–H and O–H groups in total. The molecule has 7 heteroatoms. The number of hydrogen-bond acceptors (Lipinski definition) is 6. The molecule has 2 aromatic rings. The first kappa shape index (κ1) is 22.4. The number of hydrogen-bond donors (Lipinski definition) is 1. The number of Topliss-reactive ketones (excluding diaryl/α,β-unsaturated/α-hetero) is 1. The molecule has 2 aromatic carbocycles. The van der Waals surface area contributed by atoms with Crippen molar-refractivity contribution in [3.63, 3.8) is 0 Å². The minimum absolute atomic E-state index is 0.0258. The van der Waals surface area contributed by atoms with E-state index < -0.39 is 17.7 Å². The van der Waals surface area contributed by atoms with Gasteiger partial charge in [0.1, 0.15) is 17.3 Å². The summed E-state index contributed by atoms with van der Waals surface area (Å²) in [4.78, 5) is 27.5. The number of carbonyl (C=O) groups excluding carboxylic acids is 2. The van der Waals surface area contributed by atoms with E-state index in [1.165, 1.54) is 19.1 Å². The van der Waals surface area contributed by atoms with Crippen LogP contribution in [0, 0.1) is 6.92 Å². The number of methoxy groups -OCH3 is 3. The number of likely N-dealkylation sites (tertiary alicyclic amines) is 1. The fourth-order valence-electron chi connectivity index (χ4n) is 3.73. The van der Waals surface area contributed by atoms with Gasteiger partial charge in [0, 0.05) is 31.4 Å². The lowest BCUT2D eigenvalue weighted by atomic mass is 9.94. The summed E-state index contributed by atoms with van der Waals surface area (Å²) in [6.45, 7) is 2.65. The number of amides is 1. The second kappa shape index (κ2) is 9.66. The van der Waals surface area contributed by atoms with E-state index in [1.54, 1.807) is 37.4 Å². The van der Waals surface area contributed by atoms with Crippen LogP contribution in [0.2, 0.25) is 0 Å². The Morgan fingerprint density at radius 1 is 1.03 bits per heavy atom. The van der Waals surface area contributed by atoms with Crippen molar-refractivity contribution in [2.75, 3.05) is 34.5 Å². The van der Waals surface area contributed by atoms with Gasteiger partial charge >= 0.3 is 0 Å². The van der Waals surface area contributed by atoms with Gasteiger partial charge in [-0.3, -0.25) is 9.59 Å². The topological polar surface area (TPSA) is 85.3 Å². The van der Waals surface area contributed by atoms with Gasteiger partial charge in [-0.2, -0.15) is 0 Å². The van der Waals surface area contributed by atoms with E-state index in [0.717, 1.165) is 5.56 Å². The molecule has 0 aromatic heterocycles. The summed E-state index contributed by atoms with van der Waals surface area (Å²) in [5.74, 6) is -0.583. The summed E-state index contributed by atoms with van der Waals surface area (Å²) in [6.07, 6.45) is 0.539. The standard InChI is InChI=1S/C24H27NO6/c1-15-6-8-16(9-7-15)22(26)20-21(18-14-17(30-3)10-11-19(18)31-4)25(12-5-13-29-2)24(28)23(20)27/h6-11,14,21,26H,5,12-13H2,1-4H3/b22-20+. The number of carbonyl (C=O) groups is 2. The smallest absolute Gasteiger partial charge is 0.295 e. The van der Waals surface area contributed by atoms with Crippen molar-refractivity contribution in [3.8, 4) is 11.5 Å². The molecular weight excluding hydrogens is 398 g/mol. The molecule has 1 fully saturated rings. The monoisotopic (exact) mass is 425 g/mol. The van der Waals surface area contributed by atoms with Crippen molar-refractivity contribution in [3.05, 3.63) is 64.7 Å². The van der Waals surface area contributed by atoms with Crippen LogP contribution in [-0.4, -0.2) is 56.2 Å². The molecule has 1 unspecified atom stereocenters. The largest absolute Gasteiger partial charge is 0.507 e. The number of aliphatic hydroxyl groups is 1. The molecular formula is C24H27NO6. The molecule has 31 heavy (non-hydrogen) atoms. The molecule has 0 aliphatic carbocycles. The van der Waals surface area contributed by atoms with Crippen LogP contribution in [0.3, 0.4) is 0 Å². The average molecular weight is 425 g/mol. The zero-order valence-corrected chi connectivity index (χ0v) is 18.2. The van der Waals surface area contributed by atoms with Crippen molar-refractivity contribution in [2.45, 2.75) is 19.4 Å². The van der Waals surface area contributed by atoms with Crippen molar-refractivity contribution >= 4 is 17.4 Å². The molecule has 0 spiro atoms. The minimum atomic E-state index is -0.816. The number of aryl methyl sites for hydroxylation is 1. The Labute approximate surface area is 181 Å². The van der Waals surface area contributed by atoms with Crippen molar-refractivity contribution in [1.82, 2.24) is 4.90 Å². The van der Waals surface area contributed by atoms with Crippen LogP contribution in [0.1, 0.15) is 29.2 Å². The van der Waals surface area contributed by atoms with Crippen LogP contribution in [0.15, 0.2) is 48.0 Å². The maximum absolute atomic E-state index is 13.1. The third-order valence-electron chi connectivity index (χ3n) is 5.34. The number of aliphatic hydroxyl groups excluding tert-OH is 1. The summed E-state index contributed by atoms with van der Waals surface area (Å²) in [5.41, 5.74) is 2.07. The van der Waals surface area contributed by atoms with E-state index in [9.17, 15) is 14.7 Å². The van der Waals surface area contributed by atoms with Crippen LogP contribution >= 0.6 is 0 Å². The Kier molecular flexibility index (Phi) is 6.97. The lowest BCUT2D eigenvalue weighted by Crippen LogP contribution is -2.31. The lowest BCUT2D eigenvalue weighted by Gasteiger charge is -2.27. The fraction of sp³-hybridized carbons (Fsp3) is 0.333. The molecule has 1 aliphatic heterocycles. The second-order valence-corrected chi connectivity index (χ2v) is 7.31. The van der Waals surface area contributed by atoms with E-state index in [2.05, 4.69) is 0 Å². The van der Waals surface area contributed by atoms with E-state index in [1.807, 2.05) is 19.1 Å². The third-order valence-corrected chi connectivity index (χ3v) is 5.34. The van der Waals surface area contributed by atoms with Gasteiger partial charge in [0.05, 0.1) is 25.8 Å². The van der Waals surface area contributed by atoms with E-state index in [4.69, 9.17) is 14.2 Å². The molecule has 7 nitrogen and oxygen atoms in total.